The molecular weight excluding hydrogens is 1090 g/mol. The van der Waals surface area contributed by atoms with Gasteiger partial charge in [-0.05, 0) is 70.5 Å². The summed E-state index contributed by atoms with van der Waals surface area (Å²) in [7, 11) is -2.94. The first kappa shape index (κ1) is 48.3. The van der Waals surface area contributed by atoms with Gasteiger partial charge in [0.05, 0.1) is 50.2 Å². The van der Waals surface area contributed by atoms with E-state index < -0.39 is 29.4 Å². The number of benzene rings is 6. The molecule has 5 nitrogen and oxygen atoms in total. The number of nitrogens with zero attached hydrogens (tertiary/aromatic N) is 4. The minimum absolute atomic E-state index is 0. The molecule has 3 aromatic heterocycles. The van der Waals surface area contributed by atoms with Crippen molar-refractivity contribution in [1.82, 2.24) is 14.5 Å². The second-order valence-electron chi connectivity index (χ2n) is 21.1. The van der Waals surface area contributed by atoms with Crippen molar-refractivity contribution in [1.29, 1.82) is 5.26 Å². The van der Waals surface area contributed by atoms with E-state index in [2.05, 4.69) is 166 Å². The third-order valence-electron chi connectivity index (χ3n) is 13.8. The molecular formula is C58H60GeIrN4OSi2-2. The molecule has 6 aromatic carbocycles. The zero-order valence-electron chi connectivity index (χ0n) is 40.7. The molecule has 0 aliphatic carbocycles. The molecule has 0 saturated heterocycles. The van der Waals surface area contributed by atoms with Crippen molar-refractivity contribution in [2.24, 2.45) is 0 Å². The van der Waals surface area contributed by atoms with E-state index in [-0.39, 0.29) is 31.9 Å². The minimum atomic E-state index is -1.72. The van der Waals surface area contributed by atoms with E-state index in [0.717, 1.165) is 50.0 Å². The Morgan fingerprint density at radius 3 is 2.06 bits per heavy atom. The number of pyridine rings is 1. The van der Waals surface area contributed by atoms with Gasteiger partial charge >= 0.3 is 99.8 Å². The summed E-state index contributed by atoms with van der Waals surface area (Å²) >= 11 is -1.72. The molecule has 67 heavy (non-hydrogen) atoms. The maximum atomic E-state index is 9.57. The Hall–Kier alpha value is -5.14. The fraction of sp³-hybridized carbons (Fsp3) is 0.259. The summed E-state index contributed by atoms with van der Waals surface area (Å²) in [6.07, 6.45) is 2.04. The first-order valence-electron chi connectivity index (χ1n) is 23.5. The summed E-state index contributed by atoms with van der Waals surface area (Å²) in [4.78, 5) is 9.83. The number of imidazole rings is 1. The van der Waals surface area contributed by atoms with Crippen molar-refractivity contribution in [3.05, 3.63) is 156 Å². The van der Waals surface area contributed by atoms with Gasteiger partial charge in [0, 0.05) is 31.2 Å². The Morgan fingerprint density at radius 1 is 0.716 bits per heavy atom. The average Bonchev–Trinajstić information content (AvgIpc) is 3.88. The Kier molecular flexibility index (Phi) is 13.5. The normalized spacial score (nSPS) is 14.1. The minimum Gasteiger partial charge on any atom is 0 e. The number of fused-ring (bicyclic) bond motifs is 5. The monoisotopic (exact) mass is 1150 g/mol. The summed E-state index contributed by atoms with van der Waals surface area (Å²) < 4.78 is 10.4. The van der Waals surface area contributed by atoms with Crippen LogP contribution in [0.25, 0.3) is 72.4 Å². The molecule has 0 unspecified atom stereocenters. The average molecular weight is 1150 g/mol. The van der Waals surface area contributed by atoms with Gasteiger partial charge in [-0.3, -0.25) is 4.98 Å². The number of hydrogen-bond acceptors (Lipinski definition) is 4. The van der Waals surface area contributed by atoms with E-state index in [0.29, 0.717) is 11.1 Å². The smallest absolute Gasteiger partial charge is 0 e. The zero-order valence-corrected chi connectivity index (χ0v) is 47.2. The van der Waals surface area contributed by atoms with Crippen LogP contribution >= 0.6 is 0 Å². The van der Waals surface area contributed by atoms with Crippen LogP contribution in [0.2, 0.25) is 55.5 Å². The predicted molar refractivity (Wildman–Crippen MR) is 286 cm³/mol. The van der Waals surface area contributed by atoms with Crippen LogP contribution in [0.4, 0.5) is 0 Å². The molecule has 1 aliphatic rings. The van der Waals surface area contributed by atoms with Gasteiger partial charge in [-0.15, -0.1) is 18.2 Å². The van der Waals surface area contributed by atoms with E-state index in [1.165, 1.54) is 44.4 Å². The topological polar surface area (TPSA) is 67.6 Å². The Balaban J connectivity index is 0.000000303. The Bertz CT molecular complexity index is 3290. The summed E-state index contributed by atoms with van der Waals surface area (Å²) in [5.41, 5.74) is 13.3. The zero-order chi connectivity index (χ0) is 46.7. The molecule has 0 fully saturated rings. The number of para-hydroxylation sites is 2. The van der Waals surface area contributed by atoms with Gasteiger partial charge in [0.1, 0.15) is 5.58 Å². The van der Waals surface area contributed by atoms with Crippen LogP contribution in [0.15, 0.2) is 132 Å². The summed E-state index contributed by atoms with van der Waals surface area (Å²) in [5, 5.41) is 14.9. The van der Waals surface area contributed by atoms with E-state index in [9.17, 15) is 5.26 Å². The van der Waals surface area contributed by atoms with Gasteiger partial charge in [0.15, 0.2) is 0 Å². The standard InChI is InChI=1S/C44H44N3OSi2.C14H16GeN.Ir/c1-27(2)35-23-31(30-17-19-40-41(25-30)50(7,8)21-20-49(40,5)6)24-36(28(3)4)42(35)47-38-15-10-9-14-37(38)46-44(47)34-13-11-12-33-32-18-16-29(26-45)22-39(32)48-43(33)34;1-15(2,3)13-9-10-14(16-11-13)12-7-5-4-6-8-12;/h9-12,14-19,22-25,27-28H,20-21H2,1-8H3;4-7,9-11H,1-3H3;/q2*-1;. The van der Waals surface area contributed by atoms with Gasteiger partial charge < -0.3 is 8.98 Å². The maximum Gasteiger partial charge on any atom is 0 e. The second kappa shape index (κ2) is 18.7. The van der Waals surface area contributed by atoms with Crippen LogP contribution < -0.4 is 14.8 Å². The number of furan rings is 1. The third kappa shape index (κ3) is 9.26. The Morgan fingerprint density at radius 2 is 1.42 bits per heavy atom. The van der Waals surface area contributed by atoms with Crippen molar-refractivity contribution in [2.75, 3.05) is 0 Å². The largest absolute Gasteiger partial charge is 0 e. The van der Waals surface area contributed by atoms with Gasteiger partial charge in [-0.25, -0.2) is 0 Å². The predicted octanol–water partition coefficient (Wildman–Crippen LogP) is 14.1. The molecule has 1 radical (unpaired) electrons. The molecule has 0 bridgehead atoms. The maximum absolute atomic E-state index is 9.57. The number of aromatic nitrogens is 3. The van der Waals surface area contributed by atoms with Gasteiger partial charge in [0.2, 0.25) is 0 Å². The van der Waals surface area contributed by atoms with E-state index in [4.69, 9.17) is 9.40 Å². The molecule has 0 N–H and O–H groups in total. The van der Waals surface area contributed by atoms with Gasteiger partial charge in [0.25, 0.3) is 0 Å². The number of hydrogen-bond donors (Lipinski definition) is 0. The number of rotatable bonds is 7. The summed E-state index contributed by atoms with van der Waals surface area (Å²) in [6, 6.07) is 54.5. The quantitative estimate of drug-likeness (QED) is 0.118. The van der Waals surface area contributed by atoms with Gasteiger partial charge in [-0.1, -0.05) is 124 Å². The molecule has 1 aliphatic heterocycles. The SMILES string of the molecule is CC(C)c1cc(-c2ccc3c(c2)[Si](C)(C)CC[Si]3(C)C)cc(C(C)C)c1-n1c(-c2[c-]ccc3c2oc2cc(C#N)ccc23)nc2ccccc21.[CH3][Ge]([CH3])([CH3])[c]1ccc(-c2[c-]cccc2)nc1.[Ir]. The van der Waals surface area contributed by atoms with Crippen LogP contribution in [-0.4, -0.2) is 43.9 Å². The molecule has 9 heteroatoms. The molecule has 9 aromatic rings. The van der Waals surface area contributed by atoms with E-state index >= 15 is 0 Å². The molecule has 0 amide bonds. The summed E-state index contributed by atoms with van der Waals surface area (Å²) in [5.74, 6) is 8.48. The third-order valence-corrected chi connectivity index (χ3v) is 25.6. The van der Waals surface area contributed by atoms with Crippen molar-refractivity contribution in [2.45, 2.75) is 95.1 Å². The van der Waals surface area contributed by atoms with Crippen LogP contribution in [-0.2, 0) is 20.1 Å². The van der Waals surface area contributed by atoms with Gasteiger partial charge in [-0.2, -0.15) is 5.26 Å². The molecule has 4 heterocycles. The van der Waals surface area contributed by atoms with E-state index in [1.807, 2.05) is 60.8 Å². The Labute approximate surface area is 415 Å². The van der Waals surface area contributed by atoms with Crippen LogP contribution in [0.5, 0.6) is 0 Å². The van der Waals surface area contributed by atoms with Crippen LogP contribution in [0.1, 0.15) is 56.2 Å². The first-order valence-corrected chi connectivity index (χ1v) is 37.2. The fourth-order valence-electron chi connectivity index (χ4n) is 9.70. The van der Waals surface area contributed by atoms with Crippen LogP contribution in [0.3, 0.4) is 0 Å². The van der Waals surface area contributed by atoms with Crippen molar-refractivity contribution in [3.8, 4) is 45.5 Å². The van der Waals surface area contributed by atoms with Crippen LogP contribution in [0, 0.1) is 23.5 Å². The molecule has 0 atom stereocenters. The number of nitriles is 1. The van der Waals surface area contributed by atoms with E-state index in [1.54, 1.807) is 10.4 Å². The van der Waals surface area contributed by atoms with Crippen molar-refractivity contribution < 1.29 is 24.5 Å². The molecule has 0 spiro atoms. The molecule has 0 saturated carbocycles. The second-order valence-corrected chi connectivity index (χ2v) is 41.3. The fourth-order valence-corrected chi connectivity index (χ4v) is 22.1. The molecule has 341 valence electrons. The summed E-state index contributed by atoms with van der Waals surface area (Å²) in [6.45, 7) is 19.5. The molecule has 10 rings (SSSR count). The van der Waals surface area contributed by atoms with Crippen molar-refractivity contribution >= 4 is 77.2 Å². The van der Waals surface area contributed by atoms with Crippen molar-refractivity contribution in [3.63, 3.8) is 0 Å². The first-order chi connectivity index (χ1) is 31.4.